The number of nitrogens with zero attached hydrogens (tertiary/aromatic N) is 2. The van der Waals surface area contributed by atoms with Gasteiger partial charge in [-0.3, -0.25) is 9.62 Å². The number of nitrogens with one attached hydrogen (secondary N) is 2. The summed E-state index contributed by atoms with van der Waals surface area (Å²) in [6, 6.07) is 9.52. The maximum absolute atomic E-state index is 15.3. The van der Waals surface area contributed by atoms with E-state index in [0.717, 1.165) is 19.3 Å². The van der Waals surface area contributed by atoms with E-state index in [2.05, 4.69) is 14.3 Å². The molecular weight excluding hydrogens is 515 g/mol. The molecule has 1 heterocycles. The van der Waals surface area contributed by atoms with E-state index in [1.165, 1.54) is 36.2 Å². The van der Waals surface area contributed by atoms with Gasteiger partial charge in [0.1, 0.15) is 11.3 Å². The van der Waals surface area contributed by atoms with Gasteiger partial charge in [0.05, 0.1) is 5.69 Å². The summed E-state index contributed by atoms with van der Waals surface area (Å²) in [6.07, 6.45) is 2.57. The third-order valence-corrected chi connectivity index (χ3v) is 7.75. The number of ether oxygens (including phenoxy) is 1. The number of fused-ring (bicyclic) bond motifs is 1. The van der Waals surface area contributed by atoms with E-state index in [0.29, 0.717) is 23.5 Å². The lowest BCUT2D eigenvalue weighted by Gasteiger charge is -2.35. The fourth-order valence-electron chi connectivity index (χ4n) is 4.29. The van der Waals surface area contributed by atoms with Crippen LogP contribution >= 0.6 is 0 Å². The van der Waals surface area contributed by atoms with Gasteiger partial charge in [0.25, 0.3) is 10.2 Å². The second-order valence-electron chi connectivity index (χ2n) is 9.53. The molecule has 38 heavy (non-hydrogen) atoms. The molecule has 0 bridgehead atoms. The molecule has 1 fully saturated rings. The van der Waals surface area contributed by atoms with Gasteiger partial charge in [-0.1, -0.05) is 18.6 Å². The Balaban J connectivity index is 1.78. The lowest BCUT2D eigenvalue weighted by Crippen LogP contribution is -2.37. The van der Waals surface area contributed by atoms with E-state index < -0.39 is 27.7 Å². The summed E-state index contributed by atoms with van der Waals surface area (Å²) in [5.74, 6) is -0.559. The first-order chi connectivity index (χ1) is 18.0. The van der Waals surface area contributed by atoms with E-state index in [9.17, 15) is 18.0 Å². The zero-order valence-corrected chi connectivity index (χ0v) is 22.5. The van der Waals surface area contributed by atoms with E-state index >= 15 is 4.39 Å². The molecule has 1 aliphatic carbocycles. The quantitative estimate of drug-likeness (QED) is 0.395. The summed E-state index contributed by atoms with van der Waals surface area (Å²) in [4.78, 5) is 28.7. The first kappa shape index (κ1) is 27.6. The molecule has 4 rings (SSSR count). The first-order valence-corrected chi connectivity index (χ1v) is 13.6. The van der Waals surface area contributed by atoms with Gasteiger partial charge in [-0.05, 0) is 49.2 Å². The Labute approximate surface area is 220 Å². The van der Waals surface area contributed by atoms with Crippen LogP contribution in [0.15, 0.2) is 45.6 Å². The smallest absolute Gasteiger partial charge is 0.414 e. The third kappa shape index (κ3) is 5.98. The monoisotopic (exact) mass is 546 g/mol. The van der Waals surface area contributed by atoms with E-state index in [4.69, 9.17) is 9.15 Å². The average molecular weight is 547 g/mol. The highest BCUT2D eigenvalue weighted by molar-refractivity contribution is 7.90. The van der Waals surface area contributed by atoms with Crippen LogP contribution in [0.2, 0.25) is 0 Å². The topological polar surface area (TPSA) is 121 Å². The van der Waals surface area contributed by atoms with Gasteiger partial charge in [-0.2, -0.15) is 8.42 Å². The number of amides is 1. The van der Waals surface area contributed by atoms with Crippen LogP contribution in [0.5, 0.6) is 5.75 Å². The molecule has 204 valence electrons. The highest BCUT2D eigenvalue weighted by atomic mass is 32.2. The Bertz CT molecular complexity index is 1520. The Hall–Kier alpha value is -3.48. The summed E-state index contributed by atoms with van der Waals surface area (Å²) in [6.45, 7) is 0.423. The van der Waals surface area contributed by atoms with Crippen LogP contribution in [0.1, 0.15) is 36.0 Å². The van der Waals surface area contributed by atoms with Crippen molar-refractivity contribution in [1.29, 1.82) is 0 Å². The van der Waals surface area contributed by atoms with Crippen molar-refractivity contribution in [1.82, 2.24) is 14.5 Å². The van der Waals surface area contributed by atoms with Gasteiger partial charge in [-0.15, -0.1) is 0 Å². The summed E-state index contributed by atoms with van der Waals surface area (Å²) in [5, 5.41) is 0.642. The molecule has 1 aromatic heterocycles. The number of halogens is 1. The normalized spacial score (nSPS) is 13.9. The molecule has 12 heteroatoms. The minimum Gasteiger partial charge on any atom is -0.422 e. The van der Waals surface area contributed by atoms with Crippen molar-refractivity contribution >= 4 is 33.0 Å². The maximum atomic E-state index is 15.3. The van der Waals surface area contributed by atoms with Crippen molar-refractivity contribution in [2.75, 3.05) is 32.9 Å². The van der Waals surface area contributed by atoms with Crippen LogP contribution in [0, 0.1) is 5.82 Å². The standard InChI is InChI=1S/C26H31FN4O6S/c1-28-38(34,35)29-22-10-5-7-16(24(22)27)13-20-21(15-31(4)17-8-6-9-17)19-12-11-18(36-26(33)30(2)3)14-23(19)37-25(20)32/h5,7,10-12,14,17,28-29H,6,8-9,13,15H2,1-4H3. The molecule has 3 aromatic rings. The summed E-state index contributed by atoms with van der Waals surface area (Å²) < 4.78 is 54.3. The molecular formula is C26H31FN4O6S. The number of hydrogen-bond acceptors (Lipinski definition) is 7. The summed E-state index contributed by atoms with van der Waals surface area (Å²) in [7, 11) is 2.37. The van der Waals surface area contributed by atoms with Crippen molar-refractivity contribution in [3.8, 4) is 5.75 Å². The van der Waals surface area contributed by atoms with Crippen LogP contribution in [0.3, 0.4) is 0 Å². The number of carbonyl (C=O) groups excluding carboxylic acids is 1. The van der Waals surface area contributed by atoms with Crippen molar-refractivity contribution in [3.05, 3.63) is 69.3 Å². The molecule has 0 radical (unpaired) electrons. The molecule has 10 nitrogen and oxygen atoms in total. The minimum absolute atomic E-state index is 0.107. The molecule has 0 spiro atoms. The van der Waals surface area contributed by atoms with Gasteiger partial charge in [0.2, 0.25) is 0 Å². The van der Waals surface area contributed by atoms with E-state index in [-0.39, 0.29) is 34.6 Å². The van der Waals surface area contributed by atoms with Crippen LogP contribution in [-0.2, 0) is 23.2 Å². The molecule has 0 saturated heterocycles. The SMILES string of the molecule is CNS(=O)(=O)Nc1cccc(Cc2c(CN(C)C3CCC3)c3ccc(OC(=O)N(C)C)cc3oc2=O)c1F. The molecule has 1 amide bonds. The predicted octanol–water partition coefficient (Wildman–Crippen LogP) is 3.44. The van der Waals surface area contributed by atoms with Crippen LogP contribution < -0.4 is 19.8 Å². The lowest BCUT2D eigenvalue weighted by molar-refractivity contribution is 0.152. The van der Waals surface area contributed by atoms with Crippen LogP contribution in [0.25, 0.3) is 11.0 Å². The number of anilines is 1. The second kappa shape index (κ2) is 11.1. The second-order valence-corrected chi connectivity index (χ2v) is 11.2. The third-order valence-electron chi connectivity index (χ3n) is 6.73. The average Bonchev–Trinajstić information content (AvgIpc) is 2.82. The maximum Gasteiger partial charge on any atom is 0.414 e. The van der Waals surface area contributed by atoms with Gasteiger partial charge in [0.15, 0.2) is 5.82 Å². The molecule has 0 unspecified atom stereocenters. The van der Waals surface area contributed by atoms with Crippen molar-refractivity contribution in [3.63, 3.8) is 0 Å². The predicted molar refractivity (Wildman–Crippen MR) is 142 cm³/mol. The number of carbonyl (C=O) groups is 1. The Morgan fingerprint density at radius 2 is 1.89 bits per heavy atom. The molecule has 2 N–H and O–H groups in total. The summed E-state index contributed by atoms with van der Waals surface area (Å²) >= 11 is 0. The number of hydrogen-bond donors (Lipinski definition) is 2. The largest absolute Gasteiger partial charge is 0.422 e. The van der Waals surface area contributed by atoms with Crippen molar-refractivity contribution in [2.24, 2.45) is 0 Å². The van der Waals surface area contributed by atoms with Crippen LogP contribution in [-0.4, -0.2) is 58.5 Å². The van der Waals surface area contributed by atoms with Gasteiger partial charge < -0.3 is 14.1 Å². The molecule has 0 aliphatic heterocycles. The van der Waals surface area contributed by atoms with Crippen molar-refractivity contribution in [2.45, 2.75) is 38.3 Å². The Kier molecular flexibility index (Phi) is 8.05. The Morgan fingerprint density at radius 3 is 2.53 bits per heavy atom. The lowest BCUT2D eigenvalue weighted by atomic mass is 9.90. The fourth-order valence-corrected chi connectivity index (χ4v) is 4.84. The van der Waals surface area contributed by atoms with E-state index in [1.807, 2.05) is 7.05 Å². The Morgan fingerprint density at radius 1 is 1.16 bits per heavy atom. The van der Waals surface area contributed by atoms with Gasteiger partial charge >= 0.3 is 11.7 Å². The first-order valence-electron chi connectivity index (χ1n) is 12.2. The highest BCUT2D eigenvalue weighted by Crippen LogP contribution is 2.31. The fraction of sp³-hybridized carbons (Fsp3) is 0.385. The molecule has 1 saturated carbocycles. The number of benzene rings is 2. The van der Waals surface area contributed by atoms with Crippen molar-refractivity contribution < 1.29 is 26.8 Å². The van der Waals surface area contributed by atoms with E-state index in [1.54, 1.807) is 26.2 Å². The number of rotatable bonds is 9. The highest BCUT2D eigenvalue weighted by Gasteiger charge is 2.26. The van der Waals surface area contributed by atoms with Gasteiger partial charge in [0, 0.05) is 57.2 Å². The molecule has 1 aliphatic rings. The molecule has 2 aromatic carbocycles. The molecule has 0 atom stereocenters. The zero-order chi connectivity index (χ0) is 27.6. The van der Waals surface area contributed by atoms with Gasteiger partial charge in [-0.25, -0.2) is 18.7 Å². The minimum atomic E-state index is -3.94. The van der Waals surface area contributed by atoms with Crippen LogP contribution in [0.4, 0.5) is 14.9 Å². The summed E-state index contributed by atoms with van der Waals surface area (Å²) in [5.41, 5.74) is 0.451. The zero-order valence-electron chi connectivity index (χ0n) is 21.7.